The minimum absolute atomic E-state index is 0.160. The molecule has 0 aliphatic heterocycles. The summed E-state index contributed by atoms with van der Waals surface area (Å²) in [7, 11) is 0. The molecular formula is C11H16N2S. The zero-order chi connectivity index (χ0) is 10.6. The van der Waals surface area contributed by atoms with E-state index in [1.165, 1.54) is 16.0 Å². The molecule has 0 saturated heterocycles. The van der Waals surface area contributed by atoms with Crippen LogP contribution in [0.15, 0.2) is 5.38 Å². The SMILES string of the molecule is CC#CCC(NN)c1csc(C)c1C. The molecule has 3 heteroatoms. The van der Waals surface area contributed by atoms with Crippen LogP contribution < -0.4 is 11.3 Å². The van der Waals surface area contributed by atoms with E-state index in [-0.39, 0.29) is 6.04 Å². The number of hydrogen-bond acceptors (Lipinski definition) is 3. The third kappa shape index (κ3) is 2.36. The van der Waals surface area contributed by atoms with Gasteiger partial charge in [-0.2, -0.15) is 0 Å². The Hall–Kier alpha value is -0.820. The fraction of sp³-hybridized carbons (Fsp3) is 0.455. The van der Waals surface area contributed by atoms with Crippen LogP contribution in [0.1, 0.15) is 35.4 Å². The first kappa shape index (κ1) is 11.3. The minimum atomic E-state index is 0.160. The van der Waals surface area contributed by atoms with Gasteiger partial charge < -0.3 is 0 Å². The maximum atomic E-state index is 5.51. The van der Waals surface area contributed by atoms with E-state index < -0.39 is 0 Å². The molecule has 0 fully saturated rings. The van der Waals surface area contributed by atoms with Gasteiger partial charge in [-0.15, -0.1) is 23.2 Å². The summed E-state index contributed by atoms with van der Waals surface area (Å²) in [5, 5.41) is 2.16. The Bertz CT molecular complexity index is 357. The molecule has 1 unspecified atom stereocenters. The van der Waals surface area contributed by atoms with Crippen LogP contribution in [-0.4, -0.2) is 0 Å². The van der Waals surface area contributed by atoms with Crippen LogP contribution in [0.2, 0.25) is 0 Å². The normalized spacial score (nSPS) is 12.0. The summed E-state index contributed by atoms with van der Waals surface area (Å²) in [4.78, 5) is 1.35. The molecule has 0 aliphatic carbocycles. The quantitative estimate of drug-likeness (QED) is 0.454. The molecule has 14 heavy (non-hydrogen) atoms. The summed E-state index contributed by atoms with van der Waals surface area (Å²) >= 11 is 1.76. The van der Waals surface area contributed by atoms with Crippen molar-refractivity contribution in [1.82, 2.24) is 5.43 Å². The average Bonchev–Trinajstić information content (AvgIpc) is 2.51. The van der Waals surface area contributed by atoms with Crippen molar-refractivity contribution in [2.45, 2.75) is 33.2 Å². The van der Waals surface area contributed by atoms with Crippen LogP contribution in [0.3, 0.4) is 0 Å². The van der Waals surface area contributed by atoms with E-state index >= 15 is 0 Å². The summed E-state index contributed by atoms with van der Waals surface area (Å²) < 4.78 is 0. The van der Waals surface area contributed by atoms with Crippen LogP contribution in [0.4, 0.5) is 0 Å². The van der Waals surface area contributed by atoms with Crippen molar-refractivity contribution in [2.24, 2.45) is 5.84 Å². The highest BCUT2D eigenvalue weighted by molar-refractivity contribution is 7.10. The summed E-state index contributed by atoms with van der Waals surface area (Å²) in [5.41, 5.74) is 5.42. The van der Waals surface area contributed by atoms with Crippen molar-refractivity contribution >= 4 is 11.3 Å². The standard InChI is InChI=1S/C11H16N2S/c1-4-5-6-11(13-12)10-7-14-9(3)8(10)2/h7,11,13H,6,12H2,1-3H3. The van der Waals surface area contributed by atoms with Crippen LogP contribution >= 0.6 is 11.3 Å². The molecule has 1 rings (SSSR count). The summed E-state index contributed by atoms with van der Waals surface area (Å²) in [6, 6.07) is 0.160. The van der Waals surface area contributed by atoms with E-state index in [1.54, 1.807) is 11.3 Å². The molecule has 0 spiro atoms. The summed E-state index contributed by atoms with van der Waals surface area (Å²) in [6.07, 6.45) is 0.768. The van der Waals surface area contributed by atoms with Gasteiger partial charge in [0.05, 0.1) is 6.04 Å². The highest BCUT2D eigenvalue weighted by Gasteiger charge is 2.13. The lowest BCUT2D eigenvalue weighted by Crippen LogP contribution is -2.27. The molecule has 3 N–H and O–H groups in total. The molecule has 0 radical (unpaired) electrons. The van der Waals surface area contributed by atoms with Crippen LogP contribution in [0.5, 0.6) is 0 Å². The molecule has 0 aliphatic rings. The number of hydrazine groups is 1. The lowest BCUT2D eigenvalue weighted by Gasteiger charge is -2.12. The molecule has 76 valence electrons. The topological polar surface area (TPSA) is 38.0 Å². The molecule has 1 heterocycles. The van der Waals surface area contributed by atoms with E-state index in [4.69, 9.17) is 5.84 Å². The van der Waals surface area contributed by atoms with Gasteiger partial charge in [0.25, 0.3) is 0 Å². The zero-order valence-corrected chi connectivity index (χ0v) is 9.66. The molecule has 1 aromatic rings. The van der Waals surface area contributed by atoms with Gasteiger partial charge in [0.2, 0.25) is 0 Å². The van der Waals surface area contributed by atoms with E-state index in [0.29, 0.717) is 0 Å². The Kier molecular flexibility index (Phi) is 4.15. The van der Waals surface area contributed by atoms with Crippen molar-refractivity contribution < 1.29 is 0 Å². The van der Waals surface area contributed by atoms with E-state index in [1.807, 2.05) is 6.92 Å². The largest absolute Gasteiger partial charge is 0.271 e. The minimum Gasteiger partial charge on any atom is -0.271 e. The van der Waals surface area contributed by atoms with Gasteiger partial charge in [-0.3, -0.25) is 11.3 Å². The number of aryl methyl sites for hydroxylation is 1. The van der Waals surface area contributed by atoms with E-state index in [2.05, 4.69) is 36.5 Å². The van der Waals surface area contributed by atoms with Crippen molar-refractivity contribution in [3.63, 3.8) is 0 Å². The second kappa shape index (κ2) is 5.16. The van der Waals surface area contributed by atoms with Gasteiger partial charge >= 0.3 is 0 Å². The average molecular weight is 208 g/mol. The summed E-state index contributed by atoms with van der Waals surface area (Å²) in [5.74, 6) is 11.4. The van der Waals surface area contributed by atoms with Gasteiger partial charge in [0.15, 0.2) is 0 Å². The van der Waals surface area contributed by atoms with E-state index in [0.717, 1.165) is 6.42 Å². The highest BCUT2D eigenvalue weighted by atomic mass is 32.1. The van der Waals surface area contributed by atoms with Crippen molar-refractivity contribution in [3.05, 3.63) is 21.4 Å². The van der Waals surface area contributed by atoms with E-state index in [9.17, 15) is 0 Å². The third-order valence-electron chi connectivity index (χ3n) is 2.38. The number of nitrogens with two attached hydrogens (primary N) is 1. The monoisotopic (exact) mass is 208 g/mol. The van der Waals surface area contributed by atoms with Gasteiger partial charge in [-0.25, -0.2) is 0 Å². The number of rotatable bonds is 3. The van der Waals surface area contributed by atoms with Gasteiger partial charge in [-0.1, -0.05) is 0 Å². The molecule has 0 bridgehead atoms. The fourth-order valence-corrected chi connectivity index (χ4v) is 2.28. The molecule has 2 nitrogen and oxygen atoms in total. The Balaban J connectivity index is 2.87. The van der Waals surface area contributed by atoms with Gasteiger partial charge in [0.1, 0.15) is 0 Å². The van der Waals surface area contributed by atoms with Crippen LogP contribution in [-0.2, 0) is 0 Å². The molecule has 1 aromatic heterocycles. The molecule has 1 atom stereocenters. The Morgan fingerprint density at radius 3 is 2.71 bits per heavy atom. The molecule has 0 amide bonds. The first-order chi connectivity index (χ1) is 6.70. The predicted molar refractivity (Wildman–Crippen MR) is 61.9 cm³/mol. The molecular weight excluding hydrogens is 192 g/mol. The van der Waals surface area contributed by atoms with Crippen LogP contribution in [0, 0.1) is 25.7 Å². The zero-order valence-electron chi connectivity index (χ0n) is 8.85. The first-order valence-corrected chi connectivity index (χ1v) is 5.49. The van der Waals surface area contributed by atoms with Crippen molar-refractivity contribution in [1.29, 1.82) is 0 Å². The number of hydrogen-bond donors (Lipinski definition) is 2. The molecule has 0 aromatic carbocycles. The predicted octanol–water partition coefficient (Wildman–Crippen LogP) is 2.28. The smallest absolute Gasteiger partial charge is 0.0580 e. The maximum absolute atomic E-state index is 5.51. The Morgan fingerprint density at radius 2 is 2.29 bits per heavy atom. The Labute approximate surface area is 89.5 Å². The van der Waals surface area contributed by atoms with Crippen molar-refractivity contribution in [2.75, 3.05) is 0 Å². The van der Waals surface area contributed by atoms with Gasteiger partial charge in [-0.05, 0) is 37.3 Å². The highest BCUT2D eigenvalue weighted by Crippen LogP contribution is 2.27. The van der Waals surface area contributed by atoms with Crippen LogP contribution in [0.25, 0.3) is 0 Å². The molecule has 0 saturated carbocycles. The lowest BCUT2D eigenvalue weighted by atomic mass is 10.0. The number of nitrogens with one attached hydrogen (secondary N) is 1. The first-order valence-electron chi connectivity index (χ1n) is 4.61. The third-order valence-corrected chi connectivity index (χ3v) is 3.41. The maximum Gasteiger partial charge on any atom is 0.0580 e. The van der Waals surface area contributed by atoms with Crippen molar-refractivity contribution in [3.8, 4) is 11.8 Å². The Morgan fingerprint density at radius 1 is 1.57 bits per heavy atom. The second-order valence-electron chi connectivity index (χ2n) is 3.22. The fourth-order valence-electron chi connectivity index (χ4n) is 1.34. The second-order valence-corrected chi connectivity index (χ2v) is 4.31. The number of thiophene rings is 1. The lowest BCUT2D eigenvalue weighted by molar-refractivity contribution is 0.567. The van der Waals surface area contributed by atoms with Gasteiger partial charge in [0, 0.05) is 11.3 Å². The summed E-state index contributed by atoms with van der Waals surface area (Å²) in [6.45, 7) is 6.10.